The summed E-state index contributed by atoms with van der Waals surface area (Å²) >= 11 is 0. The maximum Gasteiger partial charge on any atom is 0.0651 e. The van der Waals surface area contributed by atoms with Crippen LogP contribution in [-0.4, -0.2) is 4.57 Å². The van der Waals surface area contributed by atoms with Crippen molar-refractivity contribution in [3.63, 3.8) is 0 Å². The van der Waals surface area contributed by atoms with Crippen LogP contribution in [-0.2, 0) is 0 Å². The molecule has 0 aliphatic rings. The van der Waals surface area contributed by atoms with Gasteiger partial charge in [0, 0.05) is 33.2 Å². The number of fused-ring (bicyclic) bond motifs is 4. The summed E-state index contributed by atoms with van der Waals surface area (Å²) in [6, 6.07) is -34.1. The van der Waals surface area contributed by atoms with Gasteiger partial charge in [0.2, 0.25) is 0 Å². The quantitative estimate of drug-likeness (QED) is 0.175. The van der Waals surface area contributed by atoms with Crippen LogP contribution in [0.4, 0.5) is 17.1 Å². The molecule has 48 heavy (non-hydrogen) atoms. The third-order valence-electron chi connectivity index (χ3n) is 7.06. The lowest BCUT2D eigenvalue weighted by atomic mass is 10.0. The molecule has 0 unspecified atom stereocenters. The smallest absolute Gasteiger partial charge is 0.0651 e. The highest BCUT2D eigenvalue weighted by molar-refractivity contribution is 6.10. The van der Waals surface area contributed by atoms with Gasteiger partial charge in [0.05, 0.1) is 60.6 Å². The van der Waals surface area contributed by atoms with Crippen molar-refractivity contribution in [3.8, 4) is 27.9 Å². The van der Waals surface area contributed by atoms with Crippen molar-refractivity contribution >= 4 is 49.6 Å². The number of benzene rings is 8. The molecule has 8 aromatic carbocycles. The summed E-state index contributed by atoms with van der Waals surface area (Å²) in [5, 5.41) is -3.06. The monoisotopic (exact) mass is 644 g/mol. The summed E-state index contributed by atoms with van der Waals surface area (Å²) in [6.45, 7) is 0. The molecule has 0 atom stereocenters. The highest BCUT2D eigenvalue weighted by atomic mass is 15.1. The van der Waals surface area contributed by atoms with Crippen molar-refractivity contribution in [1.29, 1.82) is 0 Å². The van der Waals surface area contributed by atoms with Gasteiger partial charge in [0.25, 0.3) is 0 Å². The third-order valence-corrected chi connectivity index (χ3v) is 7.06. The van der Waals surface area contributed by atoms with Gasteiger partial charge in [-0.1, -0.05) is 133 Å². The van der Waals surface area contributed by atoms with Crippen LogP contribution in [0.5, 0.6) is 0 Å². The number of nitrogens with zero attached hydrogens (tertiary/aromatic N) is 2. The Bertz CT molecular complexity index is 4300. The van der Waals surface area contributed by atoms with Crippen LogP contribution < -0.4 is 4.90 Å². The van der Waals surface area contributed by atoms with Crippen molar-refractivity contribution in [1.82, 2.24) is 4.57 Å². The maximum atomic E-state index is 9.97. The van der Waals surface area contributed by atoms with Gasteiger partial charge in [-0.3, -0.25) is 0 Å². The molecule has 0 saturated carbocycles. The number of para-hydroxylation sites is 2. The standard InChI is InChI=1S/C46H32N2/c1-3-13-33(14-4-1)34-25-28-39(29-26-34)47(44-24-12-16-35-15-7-8-21-41(35)44)40-20-11-17-36(31-40)37-27-30-46-43(32-37)42-22-9-10-23-45(42)48(46)38-18-5-2-6-19-38/h1-32H/i1D,2D,3D,4D,5D,6D,7D,8D,9D,10D,11D,12D,13D,14D,15D,16D,17D,18D,19D,20D,21D,22D,23D,24D,25D,26D,27D,28D,29D,30D,31D,32D. The normalized spacial score (nSPS) is 20.7. The summed E-state index contributed by atoms with van der Waals surface area (Å²) < 4.78 is 287. The highest BCUT2D eigenvalue weighted by Gasteiger charge is 2.17. The summed E-state index contributed by atoms with van der Waals surface area (Å²) in [4.78, 5) is 0.328. The van der Waals surface area contributed by atoms with E-state index in [0.717, 1.165) is 0 Å². The minimum Gasteiger partial charge on any atom is -0.310 e. The Labute approximate surface area is 325 Å². The van der Waals surface area contributed by atoms with E-state index in [1.807, 2.05) is 0 Å². The predicted molar refractivity (Wildman–Crippen MR) is 204 cm³/mol. The van der Waals surface area contributed by atoms with Gasteiger partial charge in [-0.15, -0.1) is 0 Å². The van der Waals surface area contributed by atoms with E-state index >= 15 is 0 Å². The molecule has 0 spiro atoms. The molecular weight excluding hydrogens is 581 g/mol. The largest absolute Gasteiger partial charge is 0.310 e. The summed E-state index contributed by atoms with van der Waals surface area (Å²) in [7, 11) is 0. The van der Waals surface area contributed by atoms with E-state index in [2.05, 4.69) is 0 Å². The van der Waals surface area contributed by atoms with Gasteiger partial charge in [-0.05, 0) is 88.1 Å². The summed E-state index contributed by atoms with van der Waals surface area (Å²) in [5.74, 6) is 0. The predicted octanol–water partition coefficient (Wildman–Crippen LogP) is 12.7. The molecule has 226 valence electrons. The van der Waals surface area contributed by atoms with Crippen LogP contribution in [0.1, 0.15) is 43.9 Å². The zero-order chi connectivity index (χ0) is 59.7. The molecule has 0 bridgehead atoms. The summed E-state index contributed by atoms with van der Waals surface area (Å²) in [6.07, 6.45) is 0. The van der Waals surface area contributed by atoms with Gasteiger partial charge in [-0.2, -0.15) is 0 Å². The van der Waals surface area contributed by atoms with E-state index in [1.54, 1.807) is 0 Å². The molecule has 9 rings (SSSR count). The zero-order valence-electron chi connectivity index (χ0n) is 55.9. The molecule has 2 nitrogen and oxygen atoms in total. The first-order valence-corrected chi connectivity index (χ1v) is 13.8. The number of rotatable bonds is 6. The van der Waals surface area contributed by atoms with Gasteiger partial charge in [0.1, 0.15) is 0 Å². The zero-order valence-corrected chi connectivity index (χ0v) is 23.9. The second kappa shape index (κ2) is 11.8. The molecule has 0 amide bonds. The minimum atomic E-state index is -1.32. The highest BCUT2D eigenvalue weighted by Crippen LogP contribution is 2.41. The summed E-state index contributed by atoms with van der Waals surface area (Å²) in [5.41, 5.74) is -9.53. The molecule has 9 aromatic rings. The van der Waals surface area contributed by atoms with E-state index in [9.17, 15) is 16.4 Å². The molecule has 0 fully saturated rings. The Morgan fingerprint density at radius 2 is 0.958 bits per heavy atom. The fraction of sp³-hybridized carbons (Fsp3) is 0. The molecular formula is C46H32N2. The average Bonchev–Trinajstić information content (AvgIpc) is 3.97. The van der Waals surface area contributed by atoms with Gasteiger partial charge in [0.15, 0.2) is 0 Å². The number of aromatic nitrogens is 1. The molecule has 2 heteroatoms. The lowest BCUT2D eigenvalue weighted by Crippen LogP contribution is -2.10. The molecule has 1 heterocycles. The Morgan fingerprint density at radius 1 is 0.375 bits per heavy atom. The maximum absolute atomic E-state index is 9.97. The number of hydrogen-bond donors (Lipinski definition) is 0. The first-order valence-electron chi connectivity index (χ1n) is 29.8. The van der Waals surface area contributed by atoms with Crippen LogP contribution in [0, 0.1) is 0 Å². The number of anilines is 3. The molecule has 1 aromatic heterocycles. The molecule has 0 aliphatic carbocycles. The van der Waals surface area contributed by atoms with Gasteiger partial charge >= 0.3 is 0 Å². The Hall–Kier alpha value is -6.38. The van der Waals surface area contributed by atoms with Crippen LogP contribution in [0.2, 0.25) is 0 Å². The van der Waals surface area contributed by atoms with Crippen LogP contribution in [0.3, 0.4) is 0 Å². The Kier molecular flexibility index (Phi) is 2.53. The van der Waals surface area contributed by atoms with Crippen LogP contribution >= 0.6 is 0 Å². The van der Waals surface area contributed by atoms with Crippen molar-refractivity contribution in [2.24, 2.45) is 0 Å². The first-order chi connectivity index (χ1) is 37.1. The number of hydrogen-bond acceptors (Lipinski definition) is 1. The lowest BCUT2D eigenvalue weighted by Gasteiger charge is -2.27. The average molecular weight is 645 g/mol. The van der Waals surface area contributed by atoms with Crippen LogP contribution in [0.15, 0.2) is 193 Å². The van der Waals surface area contributed by atoms with E-state index in [4.69, 9.17) is 27.4 Å². The van der Waals surface area contributed by atoms with E-state index in [1.165, 1.54) is 0 Å². The van der Waals surface area contributed by atoms with Gasteiger partial charge < -0.3 is 9.47 Å². The van der Waals surface area contributed by atoms with Crippen molar-refractivity contribution < 1.29 is 43.9 Å². The Balaban J connectivity index is 1.53. The van der Waals surface area contributed by atoms with Crippen molar-refractivity contribution in [3.05, 3.63) is 193 Å². The molecule has 0 radical (unpaired) electrons. The van der Waals surface area contributed by atoms with Crippen LogP contribution in [0.25, 0.3) is 60.5 Å². The Morgan fingerprint density at radius 3 is 1.79 bits per heavy atom. The van der Waals surface area contributed by atoms with E-state index in [-0.39, 0.29) is 0 Å². The molecule has 0 aliphatic heterocycles. The van der Waals surface area contributed by atoms with E-state index in [0.29, 0.717) is 9.47 Å². The SMILES string of the molecule is [2H]c1c([2H])c([2H])c(-c2c([2H])c([2H])c(N(c3c([2H])c([2H])c([2H])c(-c4c([2H])c([2H])c5c(c4[2H])c4c([2H])c([2H])c([2H])c([2H])c4n5-c4c([2H])c([2H])c([2H])c([2H])c4[2H])c3[2H])c3c([2H])c([2H])c([2H])c4c([2H])c([2H])c([2H])c([2H])c34)c([2H])c2[2H])c([2H])c1[2H]. The van der Waals surface area contributed by atoms with E-state index < -0.39 is 271 Å². The van der Waals surface area contributed by atoms with Crippen molar-refractivity contribution in [2.45, 2.75) is 0 Å². The topological polar surface area (TPSA) is 8.17 Å². The second-order valence-corrected chi connectivity index (χ2v) is 9.76. The molecule has 0 saturated heterocycles. The van der Waals surface area contributed by atoms with Crippen molar-refractivity contribution in [2.75, 3.05) is 4.90 Å². The fourth-order valence-electron chi connectivity index (χ4n) is 5.01. The first kappa shape index (κ1) is 10.3. The minimum absolute atomic E-state index is 0.328. The fourth-order valence-corrected chi connectivity index (χ4v) is 5.01. The van der Waals surface area contributed by atoms with Gasteiger partial charge in [-0.25, -0.2) is 0 Å². The lowest BCUT2D eigenvalue weighted by molar-refractivity contribution is 1.18. The second-order valence-electron chi connectivity index (χ2n) is 9.76. The third kappa shape index (κ3) is 4.83. The molecule has 0 N–H and O–H groups in total.